The van der Waals surface area contributed by atoms with E-state index in [0.29, 0.717) is 5.92 Å². The van der Waals surface area contributed by atoms with Crippen LogP contribution in [0.3, 0.4) is 0 Å². The molecule has 3 nitrogen and oxygen atoms in total. The van der Waals surface area contributed by atoms with Gasteiger partial charge in [-0.3, -0.25) is 4.99 Å². The van der Waals surface area contributed by atoms with E-state index in [9.17, 15) is 0 Å². The van der Waals surface area contributed by atoms with Crippen LogP contribution in [0, 0.1) is 24.2 Å². The van der Waals surface area contributed by atoms with E-state index in [1.165, 1.54) is 11.3 Å². The summed E-state index contributed by atoms with van der Waals surface area (Å²) in [7, 11) is 0. The van der Waals surface area contributed by atoms with E-state index >= 15 is 0 Å². The molecule has 0 aliphatic rings. The first-order valence-electron chi connectivity index (χ1n) is 5.39. The van der Waals surface area contributed by atoms with E-state index in [1.807, 2.05) is 12.3 Å². The lowest BCUT2D eigenvalue weighted by atomic mass is 10.1. The van der Waals surface area contributed by atoms with Gasteiger partial charge in [0, 0.05) is 23.3 Å². The van der Waals surface area contributed by atoms with Crippen LogP contribution in [0.1, 0.15) is 37.4 Å². The molecule has 1 rings (SSSR count). The Balaban J connectivity index is 2.74. The van der Waals surface area contributed by atoms with Gasteiger partial charge < -0.3 is 0 Å². The molecule has 0 saturated heterocycles. The summed E-state index contributed by atoms with van der Waals surface area (Å²) in [5.74, 6) is 0.188. The van der Waals surface area contributed by atoms with Gasteiger partial charge in [0.05, 0.1) is 6.07 Å². The van der Waals surface area contributed by atoms with Crippen LogP contribution in [0.15, 0.2) is 10.4 Å². The first kappa shape index (κ1) is 12.9. The van der Waals surface area contributed by atoms with Crippen molar-refractivity contribution in [3.05, 3.63) is 16.1 Å². The molecule has 0 aliphatic carbocycles. The van der Waals surface area contributed by atoms with Crippen LogP contribution >= 0.6 is 11.3 Å². The first-order valence-corrected chi connectivity index (χ1v) is 6.27. The van der Waals surface area contributed by atoms with Crippen LogP contribution in [0.2, 0.25) is 0 Å². The summed E-state index contributed by atoms with van der Waals surface area (Å²) in [4.78, 5) is 8.71. The third-order valence-corrected chi connectivity index (χ3v) is 3.52. The lowest BCUT2D eigenvalue weighted by Gasteiger charge is -2.09. The minimum absolute atomic E-state index is 0.247. The Hall–Kier alpha value is -1.21. The fraction of sp³-hybridized carbons (Fsp3) is 0.583. The number of nitrogens with zero attached hydrogens (tertiary/aromatic N) is 3. The van der Waals surface area contributed by atoms with E-state index in [4.69, 9.17) is 5.26 Å². The van der Waals surface area contributed by atoms with Crippen molar-refractivity contribution in [2.75, 3.05) is 0 Å². The normalized spacial score (nSPS) is 15.2. The predicted molar refractivity (Wildman–Crippen MR) is 68.0 cm³/mol. The second-order valence-electron chi connectivity index (χ2n) is 4.22. The smallest absolute Gasteiger partial charge is 0.133 e. The monoisotopic (exact) mass is 235 g/mol. The molecule has 0 amide bonds. The quantitative estimate of drug-likeness (QED) is 0.752. The molecule has 0 saturated carbocycles. The van der Waals surface area contributed by atoms with Gasteiger partial charge in [0.1, 0.15) is 10.9 Å². The number of aryl methyl sites for hydroxylation is 1. The standard InChI is InChI=1S/C12H17N3S/c1-8(2)10(4)14-6-11(5-13)12-15-9(3)7-16-12/h6-8,10-11H,1-4H3/t10-,11-/m1/s1. The van der Waals surface area contributed by atoms with Crippen LogP contribution in [0.4, 0.5) is 0 Å². The number of hydrogen-bond donors (Lipinski definition) is 0. The number of nitriles is 1. The molecule has 0 unspecified atom stereocenters. The Bertz CT molecular complexity index is 401. The summed E-state index contributed by atoms with van der Waals surface area (Å²) in [5, 5.41) is 11.9. The fourth-order valence-electron chi connectivity index (χ4n) is 1.06. The van der Waals surface area contributed by atoms with Gasteiger partial charge in [-0.05, 0) is 19.8 Å². The van der Waals surface area contributed by atoms with Gasteiger partial charge in [-0.25, -0.2) is 4.98 Å². The highest BCUT2D eigenvalue weighted by molar-refractivity contribution is 7.09. The van der Waals surface area contributed by atoms with Gasteiger partial charge in [0.25, 0.3) is 0 Å². The summed E-state index contributed by atoms with van der Waals surface area (Å²) in [6.07, 6.45) is 1.73. The summed E-state index contributed by atoms with van der Waals surface area (Å²) in [6.45, 7) is 8.23. The van der Waals surface area contributed by atoms with Gasteiger partial charge in [-0.2, -0.15) is 5.26 Å². The molecule has 1 aromatic rings. The Kier molecular flexibility index (Phi) is 4.63. The zero-order chi connectivity index (χ0) is 12.1. The maximum Gasteiger partial charge on any atom is 0.133 e. The molecule has 86 valence electrons. The second-order valence-corrected chi connectivity index (χ2v) is 5.11. The van der Waals surface area contributed by atoms with Crippen molar-refractivity contribution in [3.8, 4) is 6.07 Å². The predicted octanol–water partition coefficient (Wildman–Crippen LogP) is 3.17. The molecule has 0 aromatic carbocycles. The first-order chi connectivity index (χ1) is 7.54. The van der Waals surface area contributed by atoms with Gasteiger partial charge in [0.15, 0.2) is 0 Å². The zero-order valence-electron chi connectivity index (χ0n) is 10.1. The van der Waals surface area contributed by atoms with E-state index in [0.717, 1.165) is 10.7 Å². The topological polar surface area (TPSA) is 49.0 Å². The lowest BCUT2D eigenvalue weighted by molar-refractivity contribution is 0.532. The molecule has 4 heteroatoms. The highest BCUT2D eigenvalue weighted by Crippen LogP contribution is 2.18. The molecule has 0 aliphatic heterocycles. The Morgan fingerprint density at radius 3 is 2.62 bits per heavy atom. The molecule has 0 fully saturated rings. The van der Waals surface area contributed by atoms with Crippen molar-refractivity contribution in [2.24, 2.45) is 10.9 Å². The second kappa shape index (κ2) is 5.76. The number of aliphatic imine (C=N–C) groups is 1. The van der Waals surface area contributed by atoms with Crippen molar-refractivity contribution in [3.63, 3.8) is 0 Å². The maximum absolute atomic E-state index is 9.07. The molecule has 16 heavy (non-hydrogen) atoms. The molecule has 0 radical (unpaired) electrons. The summed E-state index contributed by atoms with van der Waals surface area (Å²) in [5.41, 5.74) is 0.963. The summed E-state index contributed by atoms with van der Waals surface area (Å²) in [6, 6.07) is 2.47. The van der Waals surface area contributed by atoms with Gasteiger partial charge in [0.2, 0.25) is 0 Å². The zero-order valence-corrected chi connectivity index (χ0v) is 11.0. The van der Waals surface area contributed by atoms with Crippen molar-refractivity contribution in [1.29, 1.82) is 5.26 Å². The third-order valence-electron chi connectivity index (χ3n) is 2.48. The van der Waals surface area contributed by atoms with Crippen molar-refractivity contribution >= 4 is 17.6 Å². The van der Waals surface area contributed by atoms with E-state index in [1.54, 1.807) is 6.21 Å². The van der Waals surface area contributed by atoms with Crippen LogP contribution < -0.4 is 0 Å². The number of thiazole rings is 1. The highest BCUT2D eigenvalue weighted by atomic mass is 32.1. The minimum Gasteiger partial charge on any atom is -0.292 e. The molecule has 0 N–H and O–H groups in total. The van der Waals surface area contributed by atoms with E-state index in [-0.39, 0.29) is 12.0 Å². The largest absolute Gasteiger partial charge is 0.292 e. The van der Waals surface area contributed by atoms with Crippen molar-refractivity contribution in [2.45, 2.75) is 39.7 Å². The minimum atomic E-state index is -0.306. The highest BCUT2D eigenvalue weighted by Gasteiger charge is 2.12. The maximum atomic E-state index is 9.07. The Morgan fingerprint density at radius 1 is 1.50 bits per heavy atom. The van der Waals surface area contributed by atoms with E-state index < -0.39 is 0 Å². The third kappa shape index (κ3) is 3.42. The number of rotatable bonds is 4. The molecule has 0 spiro atoms. The molecule has 1 aromatic heterocycles. The van der Waals surface area contributed by atoms with Crippen LogP contribution in [-0.4, -0.2) is 17.2 Å². The van der Waals surface area contributed by atoms with Gasteiger partial charge in [-0.15, -0.1) is 11.3 Å². The number of hydrogen-bond acceptors (Lipinski definition) is 4. The lowest BCUT2D eigenvalue weighted by Crippen LogP contribution is -2.09. The Morgan fingerprint density at radius 2 is 2.19 bits per heavy atom. The molecular weight excluding hydrogens is 218 g/mol. The Labute approximate surface area is 101 Å². The van der Waals surface area contributed by atoms with Crippen LogP contribution in [0.5, 0.6) is 0 Å². The van der Waals surface area contributed by atoms with Gasteiger partial charge in [-0.1, -0.05) is 13.8 Å². The van der Waals surface area contributed by atoms with Gasteiger partial charge >= 0.3 is 0 Å². The average Bonchev–Trinajstić information content (AvgIpc) is 2.65. The average molecular weight is 235 g/mol. The molecule has 1 heterocycles. The van der Waals surface area contributed by atoms with Crippen molar-refractivity contribution < 1.29 is 0 Å². The summed E-state index contributed by atoms with van der Waals surface area (Å²) < 4.78 is 0. The van der Waals surface area contributed by atoms with Crippen LogP contribution in [-0.2, 0) is 0 Å². The number of aromatic nitrogens is 1. The van der Waals surface area contributed by atoms with E-state index in [2.05, 4.69) is 36.8 Å². The molecular formula is C12H17N3S. The summed E-state index contributed by atoms with van der Waals surface area (Å²) >= 11 is 1.52. The molecule has 0 bridgehead atoms. The fourth-order valence-corrected chi connectivity index (χ4v) is 1.86. The van der Waals surface area contributed by atoms with Crippen LogP contribution in [0.25, 0.3) is 0 Å². The SMILES string of the molecule is Cc1csc([C@H](C#N)C=N[C@H](C)C(C)C)n1. The molecule has 2 atom stereocenters. The van der Waals surface area contributed by atoms with Crippen molar-refractivity contribution in [1.82, 2.24) is 4.98 Å².